The van der Waals surface area contributed by atoms with Gasteiger partial charge < -0.3 is 10.1 Å². The van der Waals surface area contributed by atoms with Crippen LogP contribution in [0.4, 0.5) is 0 Å². The Morgan fingerprint density at radius 3 is 3.11 bits per heavy atom. The minimum atomic E-state index is 0.476. The van der Waals surface area contributed by atoms with Crippen molar-refractivity contribution in [3.63, 3.8) is 0 Å². The zero-order valence-electron chi connectivity index (χ0n) is 11.4. The van der Waals surface area contributed by atoms with Gasteiger partial charge in [-0.05, 0) is 13.5 Å². The minimum Gasteiger partial charge on any atom is -0.378 e. The molecule has 0 saturated carbocycles. The molecule has 0 spiro atoms. The van der Waals surface area contributed by atoms with Crippen LogP contribution < -0.4 is 5.32 Å². The van der Waals surface area contributed by atoms with Crippen LogP contribution in [0.2, 0.25) is 0 Å². The second kappa shape index (κ2) is 6.87. The van der Waals surface area contributed by atoms with Crippen molar-refractivity contribution < 1.29 is 4.74 Å². The topological polar surface area (TPSA) is 42.3 Å². The monoisotopic (exact) mass is 252 g/mol. The van der Waals surface area contributed by atoms with Gasteiger partial charge in [-0.3, -0.25) is 9.58 Å². The lowest BCUT2D eigenvalue weighted by Gasteiger charge is -2.35. The second-order valence-corrected chi connectivity index (χ2v) is 4.71. The maximum Gasteiger partial charge on any atom is 0.0635 e. The smallest absolute Gasteiger partial charge is 0.0635 e. The fraction of sp³-hybridized carbons (Fsp3) is 0.769. The molecule has 1 atom stereocenters. The number of nitrogens with zero attached hydrogens (tertiary/aromatic N) is 3. The third-order valence-corrected chi connectivity index (χ3v) is 3.38. The SMILES string of the molecule is CCNCC1COCCN1Cc1cnn(CC)c1. The quantitative estimate of drug-likeness (QED) is 0.810. The largest absolute Gasteiger partial charge is 0.378 e. The summed E-state index contributed by atoms with van der Waals surface area (Å²) in [5, 5.41) is 7.74. The van der Waals surface area contributed by atoms with Crippen LogP contribution in [0.15, 0.2) is 12.4 Å². The van der Waals surface area contributed by atoms with Crippen LogP contribution in [0.1, 0.15) is 19.4 Å². The van der Waals surface area contributed by atoms with Crippen LogP contribution in [-0.2, 0) is 17.8 Å². The fourth-order valence-electron chi connectivity index (χ4n) is 2.29. The summed E-state index contributed by atoms with van der Waals surface area (Å²) >= 11 is 0. The molecule has 1 unspecified atom stereocenters. The Bertz CT molecular complexity index is 353. The van der Waals surface area contributed by atoms with Gasteiger partial charge in [-0.1, -0.05) is 6.92 Å². The summed E-state index contributed by atoms with van der Waals surface area (Å²) < 4.78 is 7.55. The molecular formula is C13H24N4O. The van der Waals surface area contributed by atoms with Crippen molar-refractivity contribution in [3.8, 4) is 0 Å². The highest BCUT2D eigenvalue weighted by Gasteiger charge is 2.22. The van der Waals surface area contributed by atoms with Gasteiger partial charge >= 0.3 is 0 Å². The molecule has 1 fully saturated rings. The Labute approximate surface area is 109 Å². The zero-order chi connectivity index (χ0) is 12.8. The average Bonchev–Trinajstić information content (AvgIpc) is 2.85. The third-order valence-electron chi connectivity index (χ3n) is 3.38. The van der Waals surface area contributed by atoms with Gasteiger partial charge in [0, 0.05) is 44.0 Å². The summed E-state index contributed by atoms with van der Waals surface area (Å²) in [7, 11) is 0. The molecule has 18 heavy (non-hydrogen) atoms. The summed E-state index contributed by atoms with van der Waals surface area (Å²) in [5.74, 6) is 0. The van der Waals surface area contributed by atoms with E-state index in [-0.39, 0.29) is 0 Å². The lowest BCUT2D eigenvalue weighted by molar-refractivity contribution is -0.0107. The highest BCUT2D eigenvalue weighted by atomic mass is 16.5. The molecule has 1 aromatic rings. The Kier molecular flexibility index (Phi) is 5.16. The van der Waals surface area contributed by atoms with Gasteiger partial charge in [0.25, 0.3) is 0 Å². The number of aromatic nitrogens is 2. The molecule has 2 heterocycles. The number of hydrogen-bond donors (Lipinski definition) is 1. The third kappa shape index (κ3) is 3.54. The van der Waals surface area contributed by atoms with Crippen LogP contribution in [0, 0.1) is 0 Å². The number of likely N-dealkylation sites (N-methyl/N-ethyl adjacent to an activating group) is 1. The zero-order valence-corrected chi connectivity index (χ0v) is 11.4. The van der Waals surface area contributed by atoms with E-state index in [0.717, 1.165) is 45.9 Å². The van der Waals surface area contributed by atoms with Gasteiger partial charge in [0.05, 0.1) is 19.4 Å². The van der Waals surface area contributed by atoms with Gasteiger partial charge in [0.15, 0.2) is 0 Å². The summed E-state index contributed by atoms with van der Waals surface area (Å²) in [6.45, 7) is 10.8. The molecule has 102 valence electrons. The molecule has 0 bridgehead atoms. The predicted octanol–water partition coefficient (Wildman–Crippen LogP) is 0.713. The standard InChI is InChI=1S/C13H24N4O/c1-3-14-8-13-11-18-6-5-16(13)9-12-7-15-17(4-2)10-12/h7,10,13-14H,3-6,8-9,11H2,1-2H3. The molecule has 1 N–H and O–H groups in total. The predicted molar refractivity (Wildman–Crippen MR) is 71.5 cm³/mol. The molecular weight excluding hydrogens is 228 g/mol. The van der Waals surface area contributed by atoms with Crippen LogP contribution in [0.5, 0.6) is 0 Å². The number of morpholine rings is 1. The van der Waals surface area contributed by atoms with E-state index in [1.807, 2.05) is 10.9 Å². The number of aryl methyl sites for hydroxylation is 1. The van der Waals surface area contributed by atoms with Crippen molar-refractivity contribution in [3.05, 3.63) is 18.0 Å². The molecule has 5 heteroatoms. The molecule has 1 aromatic heterocycles. The van der Waals surface area contributed by atoms with E-state index in [2.05, 4.69) is 35.4 Å². The number of hydrogen-bond acceptors (Lipinski definition) is 4. The van der Waals surface area contributed by atoms with E-state index in [0.29, 0.717) is 6.04 Å². The lowest BCUT2D eigenvalue weighted by atomic mass is 10.2. The van der Waals surface area contributed by atoms with E-state index in [1.165, 1.54) is 5.56 Å². The van der Waals surface area contributed by atoms with Crippen molar-refractivity contribution in [1.29, 1.82) is 0 Å². The van der Waals surface area contributed by atoms with E-state index in [1.54, 1.807) is 0 Å². The fourth-order valence-corrected chi connectivity index (χ4v) is 2.29. The van der Waals surface area contributed by atoms with Crippen LogP contribution in [-0.4, -0.2) is 53.6 Å². The first-order chi connectivity index (χ1) is 8.83. The first kappa shape index (κ1) is 13.5. The van der Waals surface area contributed by atoms with Crippen molar-refractivity contribution in [1.82, 2.24) is 20.0 Å². The van der Waals surface area contributed by atoms with Gasteiger partial charge in [0.2, 0.25) is 0 Å². The van der Waals surface area contributed by atoms with Crippen LogP contribution in [0.3, 0.4) is 0 Å². The normalized spacial score (nSPS) is 21.3. The van der Waals surface area contributed by atoms with Gasteiger partial charge in [-0.2, -0.15) is 5.10 Å². The van der Waals surface area contributed by atoms with Crippen LogP contribution >= 0.6 is 0 Å². The average molecular weight is 252 g/mol. The molecule has 0 radical (unpaired) electrons. The molecule has 0 amide bonds. The second-order valence-electron chi connectivity index (χ2n) is 4.71. The summed E-state index contributed by atoms with van der Waals surface area (Å²) in [5.41, 5.74) is 1.29. The van der Waals surface area contributed by atoms with Crippen molar-refractivity contribution in [2.24, 2.45) is 0 Å². The van der Waals surface area contributed by atoms with E-state index in [9.17, 15) is 0 Å². The highest BCUT2D eigenvalue weighted by molar-refractivity contribution is 5.04. The minimum absolute atomic E-state index is 0.476. The van der Waals surface area contributed by atoms with Crippen molar-refractivity contribution >= 4 is 0 Å². The van der Waals surface area contributed by atoms with Crippen LogP contribution in [0.25, 0.3) is 0 Å². The number of rotatable bonds is 6. The molecule has 0 aliphatic carbocycles. The number of ether oxygens (including phenoxy) is 1. The maximum absolute atomic E-state index is 5.57. The molecule has 1 aliphatic rings. The first-order valence-electron chi connectivity index (χ1n) is 6.87. The number of nitrogens with one attached hydrogen (secondary N) is 1. The van der Waals surface area contributed by atoms with Crippen molar-refractivity contribution in [2.75, 3.05) is 32.8 Å². The molecule has 1 aliphatic heterocycles. The van der Waals surface area contributed by atoms with Crippen molar-refractivity contribution in [2.45, 2.75) is 33.0 Å². The lowest BCUT2D eigenvalue weighted by Crippen LogP contribution is -2.49. The Morgan fingerprint density at radius 2 is 2.39 bits per heavy atom. The molecule has 2 rings (SSSR count). The molecule has 0 aromatic carbocycles. The van der Waals surface area contributed by atoms with Gasteiger partial charge in [0.1, 0.15) is 0 Å². The molecule has 1 saturated heterocycles. The van der Waals surface area contributed by atoms with E-state index < -0.39 is 0 Å². The highest BCUT2D eigenvalue weighted by Crippen LogP contribution is 2.11. The first-order valence-corrected chi connectivity index (χ1v) is 6.87. The van der Waals surface area contributed by atoms with E-state index in [4.69, 9.17) is 4.74 Å². The van der Waals surface area contributed by atoms with Gasteiger partial charge in [-0.15, -0.1) is 0 Å². The summed E-state index contributed by atoms with van der Waals surface area (Å²) in [6, 6.07) is 0.476. The Balaban J connectivity index is 1.91. The Hall–Kier alpha value is -0.910. The van der Waals surface area contributed by atoms with E-state index >= 15 is 0 Å². The Morgan fingerprint density at radius 1 is 1.50 bits per heavy atom. The maximum atomic E-state index is 5.57. The molecule has 5 nitrogen and oxygen atoms in total. The summed E-state index contributed by atoms with van der Waals surface area (Å²) in [4.78, 5) is 2.49. The summed E-state index contributed by atoms with van der Waals surface area (Å²) in [6.07, 6.45) is 4.11. The van der Waals surface area contributed by atoms with Gasteiger partial charge in [-0.25, -0.2) is 0 Å².